The number of nitrogens with one attached hydrogen (secondary N) is 1. The van der Waals surface area contributed by atoms with Gasteiger partial charge in [0.25, 0.3) is 5.91 Å². The van der Waals surface area contributed by atoms with Crippen LogP contribution in [-0.2, 0) is 0 Å². The molecule has 1 atom stereocenters. The van der Waals surface area contributed by atoms with Gasteiger partial charge < -0.3 is 11.1 Å². The molecule has 0 radical (unpaired) electrons. The first-order valence-electron chi connectivity index (χ1n) is 6.63. The van der Waals surface area contributed by atoms with Gasteiger partial charge >= 0.3 is 0 Å². The molecule has 2 aromatic rings. The number of carbonyl (C=O) groups excluding carboxylic acids is 1. The van der Waals surface area contributed by atoms with Crippen LogP contribution in [-0.4, -0.2) is 23.5 Å². The van der Waals surface area contributed by atoms with Crippen LogP contribution in [0.5, 0.6) is 0 Å². The molecule has 20 heavy (non-hydrogen) atoms. The quantitative estimate of drug-likeness (QED) is 0.889. The third-order valence-electron chi connectivity index (χ3n) is 3.00. The van der Waals surface area contributed by atoms with Crippen LogP contribution >= 0.6 is 11.3 Å². The average molecular weight is 289 g/mol. The standard InChI is InChI=1S/C15H19N3OS/c1-10-5-3-4-6-12(10)15-18-13(9-20-15)14(19)17-8-7-11(2)16/h3-6,9,11H,7-8,16H2,1-2H3,(H,17,19). The molecule has 0 aliphatic rings. The Morgan fingerprint density at radius 1 is 1.45 bits per heavy atom. The number of benzene rings is 1. The number of hydrogen-bond acceptors (Lipinski definition) is 4. The fourth-order valence-corrected chi connectivity index (χ4v) is 2.71. The van der Waals surface area contributed by atoms with E-state index >= 15 is 0 Å². The summed E-state index contributed by atoms with van der Waals surface area (Å²) in [5, 5.41) is 5.50. The van der Waals surface area contributed by atoms with E-state index in [0.717, 1.165) is 22.6 Å². The highest BCUT2D eigenvalue weighted by Crippen LogP contribution is 2.26. The zero-order chi connectivity index (χ0) is 14.5. The average Bonchev–Trinajstić information content (AvgIpc) is 2.88. The van der Waals surface area contributed by atoms with Gasteiger partial charge in [-0.2, -0.15) is 0 Å². The van der Waals surface area contributed by atoms with E-state index in [0.29, 0.717) is 12.2 Å². The molecule has 1 aromatic carbocycles. The van der Waals surface area contributed by atoms with Crippen molar-refractivity contribution >= 4 is 17.2 Å². The molecule has 106 valence electrons. The number of nitrogens with two attached hydrogens (primary N) is 1. The van der Waals surface area contributed by atoms with Gasteiger partial charge in [-0.1, -0.05) is 24.3 Å². The Labute approximate surface area is 123 Å². The molecule has 1 unspecified atom stereocenters. The third-order valence-corrected chi connectivity index (χ3v) is 3.87. The molecular formula is C15H19N3OS. The van der Waals surface area contributed by atoms with Crippen LogP contribution in [0.4, 0.5) is 0 Å². The molecule has 0 bridgehead atoms. The van der Waals surface area contributed by atoms with E-state index < -0.39 is 0 Å². The summed E-state index contributed by atoms with van der Waals surface area (Å²) in [6.45, 7) is 4.54. The van der Waals surface area contributed by atoms with Gasteiger partial charge in [-0.25, -0.2) is 4.98 Å². The van der Waals surface area contributed by atoms with Gasteiger partial charge in [-0.05, 0) is 25.8 Å². The van der Waals surface area contributed by atoms with E-state index in [4.69, 9.17) is 5.73 Å². The zero-order valence-electron chi connectivity index (χ0n) is 11.7. The van der Waals surface area contributed by atoms with Gasteiger partial charge in [-0.15, -0.1) is 11.3 Å². The van der Waals surface area contributed by atoms with Crippen molar-refractivity contribution in [2.45, 2.75) is 26.3 Å². The number of amides is 1. The van der Waals surface area contributed by atoms with Gasteiger partial charge in [-0.3, -0.25) is 4.79 Å². The fourth-order valence-electron chi connectivity index (χ4n) is 1.82. The van der Waals surface area contributed by atoms with Gasteiger partial charge in [0, 0.05) is 23.5 Å². The highest BCUT2D eigenvalue weighted by Gasteiger charge is 2.12. The van der Waals surface area contributed by atoms with E-state index in [1.807, 2.05) is 38.1 Å². The monoisotopic (exact) mass is 289 g/mol. The summed E-state index contributed by atoms with van der Waals surface area (Å²) in [6.07, 6.45) is 0.764. The van der Waals surface area contributed by atoms with Crippen LogP contribution in [0, 0.1) is 6.92 Å². The molecule has 0 spiro atoms. The van der Waals surface area contributed by atoms with Crippen molar-refractivity contribution in [3.05, 3.63) is 40.9 Å². The zero-order valence-corrected chi connectivity index (χ0v) is 12.5. The van der Waals surface area contributed by atoms with Crippen LogP contribution in [0.2, 0.25) is 0 Å². The highest BCUT2D eigenvalue weighted by atomic mass is 32.1. The van der Waals surface area contributed by atoms with Crippen molar-refractivity contribution < 1.29 is 4.79 Å². The fraction of sp³-hybridized carbons (Fsp3) is 0.333. The molecule has 1 amide bonds. The second kappa shape index (κ2) is 6.63. The molecule has 0 saturated carbocycles. The first kappa shape index (κ1) is 14.7. The van der Waals surface area contributed by atoms with E-state index in [1.54, 1.807) is 5.38 Å². The molecule has 0 aliphatic heterocycles. The van der Waals surface area contributed by atoms with E-state index in [2.05, 4.69) is 10.3 Å². The highest BCUT2D eigenvalue weighted by molar-refractivity contribution is 7.13. The van der Waals surface area contributed by atoms with Crippen molar-refractivity contribution in [1.29, 1.82) is 0 Å². The Morgan fingerprint density at radius 2 is 2.20 bits per heavy atom. The number of thiazole rings is 1. The van der Waals surface area contributed by atoms with E-state index in [-0.39, 0.29) is 11.9 Å². The van der Waals surface area contributed by atoms with E-state index in [9.17, 15) is 4.79 Å². The van der Waals surface area contributed by atoms with Crippen molar-refractivity contribution in [3.63, 3.8) is 0 Å². The maximum atomic E-state index is 11.9. The number of aryl methyl sites for hydroxylation is 1. The second-order valence-electron chi connectivity index (χ2n) is 4.87. The summed E-state index contributed by atoms with van der Waals surface area (Å²) in [5.41, 5.74) is 8.35. The molecule has 3 N–H and O–H groups in total. The Kier molecular flexibility index (Phi) is 4.87. The number of aromatic nitrogens is 1. The minimum atomic E-state index is -0.137. The van der Waals surface area contributed by atoms with Gasteiger partial charge in [0.05, 0.1) is 0 Å². The number of carbonyl (C=O) groups is 1. The molecule has 0 fully saturated rings. The maximum Gasteiger partial charge on any atom is 0.270 e. The number of nitrogens with zero attached hydrogens (tertiary/aromatic N) is 1. The number of rotatable bonds is 5. The lowest BCUT2D eigenvalue weighted by molar-refractivity contribution is 0.0948. The molecule has 0 aliphatic carbocycles. The lowest BCUT2D eigenvalue weighted by Gasteiger charge is -2.05. The summed E-state index contributed by atoms with van der Waals surface area (Å²) in [6, 6.07) is 8.12. The van der Waals surface area contributed by atoms with Crippen LogP contribution in [0.25, 0.3) is 10.6 Å². The first-order valence-corrected chi connectivity index (χ1v) is 7.51. The summed E-state index contributed by atoms with van der Waals surface area (Å²) in [4.78, 5) is 16.4. The van der Waals surface area contributed by atoms with Gasteiger partial charge in [0.15, 0.2) is 0 Å². The molecule has 1 aromatic heterocycles. The molecular weight excluding hydrogens is 270 g/mol. The first-order chi connectivity index (χ1) is 9.58. The predicted octanol–water partition coefficient (Wildman–Crippen LogP) is 2.59. The van der Waals surface area contributed by atoms with Crippen LogP contribution in [0.3, 0.4) is 0 Å². The second-order valence-corrected chi connectivity index (χ2v) is 5.73. The van der Waals surface area contributed by atoms with Crippen molar-refractivity contribution in [2.24, 2.45) is 5.73 Å². The smallest absolute Gasteiger partial charge is 0.270 e. The lowest BCUT2D eigenvalue weighted by Crippen LogP contribution is -2.29. The SMILES string of the molecule is Cc1ccccc1-c1nc(C(=O)NCCC(C)N)cs1. The molecule has 5 heteroatoms. The third kappa shape index (κ3) is 3.65. The van der Waals surface area contributed by atoms with Crippen molar-refractivity contribution in [2.75, 3.05) is 6.54 Å². The topological polar surface area (TPSA) is 68.0 Å². The predicted molar refractivity (Wildman–Crippen MR) is 82.9 cm³/mol. The molecule has 2 rings (SSSR count). The van der Waals surface area contributed by atoms with E-state index in [1.165, 1.54) is 11.3 Å². The van der Waals surface area contributed by atoms with Crippen LogP contribution in [0.1, 0.15) is 29.4 Å². The Hall–Kier alpha value is -1.72. The van der Waals surface area contributed by atoms with Gasteiger partial charge in [0.1, 0.15) is 10.7 Å². The minimum Gasteiger partial charge on any atom is -0.351 e. The van der Waals surface area contributed by atoms with Gasteiger partial charge in [0.2, 0.25) is 0 Å². The summed E-state index contributed by atoms with van der Waals surface area (Å²) >= 11 is 1.49. The maximum absolute atomic E-state index is 11.9. The summed E-state index contributed by atoms with van der Waals surface area (Å²) < 4.78 is 0. The van der Waals surface area contributed by atoms with Crippen LogP contribution in [0.15, 0.2) is 29.6 Å². The molecule has 1 heterocycles. The normalized spacial score (nSPS) is 12.2. The Morgan fingerprint density at radius 3 is 2.90 bits per heavy atom. The molecule has 0 saturated heterocycles. The summed E-state index contributed by atoms with van der Waals surface area (Å²) in [7, 11) is 0. The molecule has 4 nitrogen and oxygen atoms in total. The summed E-state index contributed by atoms with van der Waals surface area (Å²) in [5.74, 6) is -0.137. The van der Waals surface area contributed by atoms with Crippen molar-refractivity contribution in [1.82, 2.24) is 10.3 Å². The Bertz CT molecular complexity index is 592. The van der Waals surface area contributed by atoms with Crippen LogP contribution < -0.4 is 11.1 Å². The Balaban J connectivity index is 2.06. The minimum absolute atomic E-state index is 0.0910. The number of hydrogen-bond donors (Lipinski definition) is 2. The largest absolute Gasteiger partial charge is 0.351 e. The lowest BCUT2D eigenvalue weighted by atomic mass is 10.1. The van der Waals surface area contributed by atoms with Crippen molar-refractivity contribution in [3.8, 4) is 10.6 Å².